The molecule has 2 fully saturated rings. The minimum absolute atomic E-state index is 0.517. The summed E-state index contributed by atoms with van der Waals surface area (Å²) in [7, 11) is 0. The van der Waals surface area contributed by atoms with Crippen LogP contribution in [0.15, 0.2) is 0 Å². The van der Waals surface area contributed by atoms with Gasteiger partial charge in [-0.05, 0) is 36.5 Å². The maximum atomic E-state index is 11.3. The minimum atomic E-state index is 0.517. The number of fused-ring (bicyclic) bond motifs is 1. The molecule has 0 saturated heterocycles. The lowest BCUT2D eigenvalue weighted by Gasteiger charge is -2.42. The Hall–Kier alpha value is -0.330. The number of rotatable bonds is 0. The Morgan fingerprint density at radius 3 is 2.69 bits per heavy atom. The average molecular weight is 180 g/mol. The third-order valence-corrected chi connectivity index (χ3v) is 4.42. The van der Waals surface area contributed by atoms with Gasteiger partial charge in [0, 0.05) is 12.8 Å². The van der Waals surface area contributed by atoms with Crippen LogP contribution in [0.2, 0.25) is 0 Å². The molecule has 0 N–H and O–H groups in total. The van der Waals surface area contributed by atoms with Gasteiger partial charge in [0.2, 0.25) is 0 Å². The third-order valence-electron chi connectivity index (χ3n) is 4.42. The van der Waals surface area contributed by atoms with E-state index in [-0.39, 0.29) is 0 Å². The van der Waals surface area contributed by atoms with Crippen LogP contribution in [0.1, 0.15) is 46.0 Å². The summed E-state index contributed by atoms with van der Waals surface area (Å²) in [5, 5.41) is 0. The number of carbonyl (C=O) groups excluding carboxylic acids is 1. The Bertz CT molecular complexity index is 209. The molecule has 2 rings (SSSR count). The Balaban J connectivity index is 2.06. The van der Waals surface area contributed by atoms with Crippen molar-refractivity contribution in [2.24, 2.45) is 23.7 Å². The molecule has 0 aromatic rings. The first-order valence-corrected chi connectivity index (χ1v) is 5.70. The van der Waals surface area contributed by atoms with Gasteiger partial charge in [0.25, 0.3) is 0 Å². The van der Waals surface area contributed by atoms with Crippen molar-refractivity contribution in [1.82, 2.24) is 0 Å². The first-order chi connectivity index (χ1) is 6.18. The quantitative estimate of drug-likeness (QED) is 0.560. The Labute approximate surface area is 80.9 Å². The molecular formula is C12H20O. The highest BCUT2D eigenvalue weighted by Crippen LogP contribution is 2.44. The second-order valence-electron chi connectivity index (χ2n) is 5.12. The predicted molar refractivity (Wildman–Crippen MR) is 53.4 cm³/mol. The average Bonchev–Trinajstić information content (AvgIpc) is 2.12. The van der Waals surface area contributed by atoms with Crippen molar-refractivity contribution in [1.29, 1.82) is 0 Å². The SMILES string of the molecule is CC1CCC2CC(=O)CC[C@@H]2C1C. The van der Waals surface area contributed by atoms with Crippen LogP contribution in [0.5, 0.6) is 0 Å². The summed E-state index contributed by atoms with van der Waals surface area (Å²) in [6.45, 7) is 4.76. The topological polar surface area (TPSA) is 17.1 Å². The van der Waals surface area contributed by atoms with Gasteiger partial charge in [-0.2, -0.15) is 0 Å². The van der Waals surface area contributed by atoms with E-state index in [9.17, 15) is 4.79 Å². The summed E-state index contributed by atoms with van der Waals surface area (Å²) in [5.74, 6) is 3.86. The van der Waals surface area contributed by atoms with Crippen molar-refractivity contribution < 1.29 is 4.79 Å². The molecule has 0 aromatic carbocycles. The maximum Gasteiger partial charge on any atom is 0.133 e. The van der Waals surface area contributed by atoms with E-state index in [1.165, 1.54) is 19.3 Å². The summed E-state index contributed by atoms with van der Waals surface area (Å²) < 4.78 is 0. The van der Waals surface area contributed by atoms with Gasteiger partial charge in [-0.1, -0.05) is 20.3 Å². The number of hydrogen-bond acceptors (Lipinski definition) is 1. The van der Waals surface area contributed by atoms with Crippen LogP contribution in [0, 0.1) is 23.7 Å². The molecule has 2 saturated carbocycles. The van der Waals surface area contributed by atoms with E-state index in [4.69, 9.17) is 0 Å². The molecule has 0 amide bonds. The van der Waals surface area contributed by atoms with Gasteiger partial charge in [0.15, 0.2) is 0 Å². The molecule has 0 aliphatic heterocycles. The molecule has 1 nitrogen and oxygen atoms in total. The minimum Gasteiger partial charge on any atom is -0.300 e. The highest BCUT2D eigenvalue weighted by molar-refractivity contribution is 5.79. The second kappa shape index (κ2) is 3.43. The lowest BCUT2D eigenvalue weighted by molar-refractivity contribution is -0.124. The van der Waals surface area contributed by atoms with E-state index in [0.29, 0.717) is 5.78 Å². The molecule has 3 unspecified atom stereocenters. The van der Waals surface area contributed by atoms with Gasteiger partial charge in [0.1, 0.15) is 5.78 Å². The zero-order chi connectivity index (χ0) is 9.42. The van der Waals surface area contributed by atoms with Gasteiger partial charge in [-0.3, -0.25) is 4.79 Å². The van der Waals surface area contributed by atoms with E-state index in [0.717, 1.165) is 36.5 Å². The largest absolute Gasteiger partial charge is 0.300 e. The monoisotopic (exact) mass is 180 g/mol. The molecule has 4 atom stereocenters. The molecule has 0 bridgehead atoms. The van der Waals surface area contributed by atoms with Gasteiger partial charge in [-0.25, -0.2) is 0 Å². The molecule has 0 radical (unpaired) electrons. The fourth-order valence-electron chi connectivity index (χ4n) is 3.28. The molecule has 0 spiro atoms. The number of carbonyl (C=O) groups is 1. The maximum absolute atomic E-state index is 11.3. The van der Waals surface area contributed by atoms with Crippen LogP contribution in [-0.4, -0.2) is 5.78 Å². The van der Waals surface area contributed by atoms with Crippen LogP contribution in [0.25, 0.3) is 0 Å². The van der Waals surface area contributed by atoms with Crippen LogP contribution >= 0.6 is 0 Å². The number of Topliss-reactive ketones (excluding diaryl/α,β-unsaturated/α-hetero) is 1. The summed E-state index contributed by atoms with van der Waals surface area (Å²) in [4.78, 5) is 11.3. The van der Waals surface area contributed by atoms with Crippen molar-refractivity contribution in [3.8, 4) is 0 Å². The first-order valence-electron chi connectivity index (χ1n) is 5.70. The van der Waals surface area contributed by atoms with E-state index >= 15 is 0 Å². The second-order valence-corrected chi connectivity index (χ2v) is 5.12. The summed E-state index contributed by atoms with van der Waals surface area (Å²) in [6.07, 6.45) is 5.58. The molecule has 74 valence electrons. The van der Waals surface area contributed by atoms with Crippen LogP contribution in [0.4, 0.5) is 0 Å². The van der Waals surface area contributed by atoms with Gasteiger partial charge in [-0.15, -0.1) is 0 Å². The van der Waals surface area contributed by atoms with Crippen LogP contribution in [-0.2, 0) is 4.79 Å². The van der Waals surface area contributed by atoms with Crippen molar-refractivity contribution in [3.63, 3.8) is 0 Å². The van der Waals surface area contributed by atoms with Crippen molar-refractivity contribution in [2.45, 2.75) is 46.0 Å². The fourth-order valence-corrected chi connectivity index (χ4v) is 3.28. The summed E-state index contributed by atoms with van der Waals surface area (Å²) >= 11 is 0. The Kier molecular flexibility index (Phi) is 2.44. The lowest BCUT2D eigenvalue weighted by Crippen LogP contribution is -2.36. The van der Waals surface area contributed by atoms with Crippen LogP contribution < -0.4 is 0 Å². The van der Waals surface area contributed by atoms with Crippen molar-refractivity contribution in [3.05, 3.63) is 0 Å². The fraction of sp³-hybridized carbons (Fsp3) is 0.917. The van der Waals surface area contributed by atoms with Crippen molar-refractivity contribution in [2.75, 3.05) is 0 Å². The van der Waals surface area contributed by atoms with Gasteiger partial charge >= 0.3 is 0 Å². The Morgan fingerprint density at radius 2 is 1.92 bits per heavy atom. The molecule has 0 aromatic heterocycles. The Morgan fingerprint density at radius 1 is 1.15 bits per heavy atom. The third kappa shape index (κ3) is 1.66. The van der Waals surface area contributed by atoms with E-state index in [1.807, 2.05) is 0 Å². The molecule has 13 heavy (non-hydrogen) atoms. The molecule has 2 aliphatic carbocycles. The number of ketones is 1. The molecular weight excluding hydrogens is 160 g/mol. The normalized spacial score (nSPS) is 45.8. The smallest absolute Gasteiger partial charge is 0.133 e. The van der Waals surface area contributed by atoms with E-state index in [2.05, 4.69) is 13.8 Å². The highest BCUT2D eigenvalue weighted by atomic mass is 16.1. The standard InChI is InChI=1S/C12H20O/c1-8-3-4-10-7-11(13)5-6-12(10)9(8)2/h8-10,12H,3-7H2,1-2H3/t8?,9?,10?,12-/m1/s1. The summed E-state index contributed by atoms with van der Waals surface area (Å²) in [6, 6.07) is 0. The molecule has 0 heterocycles. The zero-order valence-corrected chi connectivity index (χ0v) is 8.75. The number of hydrogen-bond donors (Lipinski definition) is 0. The predicted octanol–water partition coefficient (Wildman–Crippen LogP) is 3.04. The lowest BCUT2D eigenvalue weighted by atomic mass is 9.62. The van der Waals surface area contributed by atoms with Gasteiger partial charge < -0.3 is 0 Å². The van der Waals surface area contributed by atoms with Crippen molar-refractivity contribution >= 4 is 5.78 Å². The van der Waals surface area contributed by atoms with Gasteiger partial charge in [0.05, 0.1) is 0 Å². The first kappa shape index (κ1) is 9.23. The molecule has 1 heteroatoms. The van der Waals surface area contributed by atoms with Crippen LogP contribution in [0.3, 0.4) is 0 Å². The molecule has 2 aliphatic rings. The summed E-state index contributed by atoms with van der Waals surface area (Å²) in [5.41, 5.74) is 0. The zero-order valence-electron chi connectivity index (χ0n) is 8.75. The van der Waals surface area contributed by atoms with E-state index < -0.39 is 0 Å². The van der Waals surface area contributed by atoms with E-state index in [1.54, 1.807) is 0 Å². The highest BCUT2D eigenvalue weighted by Gasteiger charge is 2.38.